The van der Waals surface area contributed by atoms with E-state index in [2.05, 4.69) is 15.1 Å². The van der Waals surface area contributed by atoms with Crippen LogP contribution in [0.2, 0.25) is 0 Å². The molecule has 0 radical (unpaired) electrons. The van der Waals surface area contributed by atoms with Gasteiger partial charge in [-0.3, -0.25) is 4.98 Å². The second-order valence-electron chi connectivity index (χ2n) is 4.39. The van der Waals surface area contributed by atoms with E-state index in [0.29, 0.717) is 24.6 Å². The lowest BCUT2D eigenvalue weighted by Gasteiger charge is -2.00. The van der Waals surface area contributed by atoms with Gasteiger partial charge in [-0.25, -0.2) is 0 Å². The lowest BCUT2D eigenvalue weighted by Crippen LogP contribution is -1.95. The van der Waals surface area contributed by atoms with E-state index in [4.69, 9.17) is 4.52 Å². The van der Waals surface area contributed by atoms with Crippen LogP contribution in [0, 0.1) is 13.8 Å². The average molecular weight is 245 g/mol. The van der Waals surface area contributed by atoms with E-state index in [1.807, 2.05) is 19.9 Å². The summed E-state index contributed by atoms with van der Waals surface area (Å²) in [5.74, 6) is 1.06. The molecule has 0 aromatic carbocycles. The van der Waals surface area contributed by atoms with Crippen LogP contribution in [0.25, 0.3) is 11.5 Å². The van der Waals surface area contributed by atoms with Gasteiger partial charge in [0.15, 0.2) is 0 Å². The average Bonchev–Trinajstić information content (AvgIpc) is 2.75. The van der Waals surface area contributed by atoms with Gasteiger partial charge in [0.1, 0.15) is 11.5 Å². The molecule has 2 rings (SSSR count). The van der Waals surface area contributed by atoms with E-state index in [9.17, 15) is 4.79 Å². The van der Waals surface area contributed by atoms with E-state index in [1.165, 1.54) is 0 Å². The van der Waals surface area contributed by atoms with Gasteiger partial charge in [-0.1, -0.05) is 11.2 Å². The fourth-order valence-electron chi connectivity index (χ4n) is 1.68. The van der Waals surface area contributed by atoms with Crippen molar-refractivity contribution in [3.63, 3.8) is 0 Å². The number of carbonyl (C=O) groups is 1. The summed E-state index contributed by atoms with van der Waals surface area (Å²) in [6.07, 6.45) is 2.67. The van der Waals surface area contributed by atoms with Crippen LogP contribution in [0.15, 0.2) is 16.8 Å². The second-order valence-corrected chi connectivity index (χ2v) is 4.39. The molecule has 0 bridgehead atoms. The molecule has 94 valence electrons. The zero-order valence-electron chi connectivity index (χ0n) is 10.7. The second kappa shape index (κ2) is 5.08. The van der Waals surface area contributed by atoms with Gasteiger partial charge in [0.2, 0.25) is 11.7 Å². The Bertz CT molecular complexity index is 575. The van der Waals surface area contributed by atoms with Crippen LogP contribution < -0.4 is 0 Å². The minimum atomic E-state index is 0.111. The van der Waals surface area contributed by atoms with E-state index in [1.54, 1.807) is 13.1 Å². The third kappa shape index (κ3) is 2.80. The van der Waals surface area contributed by atoms with Crippen molar-refractivity contribution in [1.29, 1.82) is 0 Å². The molecule has 0 amide bonds. The number of aromatic nitrogens is 3. The lowest BCUT2D eigenvalue weighted by molar-refractivity contribution is -0.117. The highest BCUT2D eigenvalue weighted by atomic mass is 16.5. The topological polar surface area (TPSA) is 68.9 Å². The van der Waals surface area contributed by atoms with Gasteiger partial charge in [-0.15, -0.1) is 0 Å². The van der Waals surface area contributed by atoms with Crippen molar-refractivity contribution in [1.82, 2.24) is 15.1 Å². The molecule has 0 aliphatic heterocycles. The van der Waals surface area contributed by atoms with Crippen molar-refractivity contribution < 1.29 is 9.32 Å². The molecule has 0 saturated carbocycles. The fraction of sp³-hybridized carbons (Fsp3) is 0.385. The van der Waals surface area contributed by atoms with Crippen molar-refractivity contribution >= 4 is 5.78 Å². The SMILES string of the molecule is CC(=O)CCc1nc(-c2ncc(C)cc2C)no1. The Morgan fingerprint density at radius 3 is 2.83 bits per heavy atom. The standard InChI is InChI=1S/C13H15N3O2/c1-8-6-9(2)12(14-7-8)13-15-11(18-16-13)5-4-10(3)17/h6-7H,4-5H2,1-3H3. The van der Waals surface area contributed by atoms with Crippen LogP contribution in [-0.4, -0.2) is 20.9 Å². The van der Waals surface area contributed by atoms with Crippen LogP contribution in [0.3, 0.4) is 0 Å². The van der Waals surface area contributed by atoms with Gasteiger partial charge in [-0.05, 0) is 31.9 Å². The third-order valence-corrected chi connectivity index (χ3v) is 2.59. The van der Waals surface area contributed by atoms with Gasteiger partial charge >= 0.3 is 0 Å². The van der Waals surface area contributed by atoms with Crippen LogP contribution in [-0.2, 0) is 11.2 Å². The maximum absolute atomic E-state index is 10.9. The zero-order valence-corrected chi connectivity index (χ0v) is 10.7. The van der Waals surface area contributed by atoms with Crippen molar-refractivity contribution in [3.8, 4) is 11.5 Å². The summed E-state index contributed by atoms with van der Waals surface area (Å²) >= 11 is 0. The molecule has 0 atom stereocenters. The molecule has 18 heavy (non-hydrogen) atoms. The minimum Gasteiger partial charge on any atom is -0.339 e. The van der Waals surface area contributed by atoms with E-state index >= 15 is 0 Å². The van der Waals surface area contributed by atoms with Gasteiger partial charge in [-0.2, -0.15) is 4.98 Å². The normalized spacial score (nSPS) is 10.6. The molecular formula is C13H15N3O2. The molecular weight excluding hydrogens is 230 g/mol. The highest BCUT2D eigenvalue weighted by Crippen LogP contribution is 2.18. The van der Waals surface area contributed by atoms with Crippen LogP contribution >= 0.6 is 0 Å². The molecule has 0 aliphatic rings. The molecule has 0 aliphatic carbocycles. The zero-order chi connectivity index (χ0) is 13.1. The van der Waals surface area contributed by atoms with E-state index in [-0.39, 0.29) is 5.78 Å². The maximum atomic E-state index is 10.9. The van der Waals surface area contributed by atoms with Crippen LogP contribution in [0.4, 0.5) is 0 Å². The molecule has 2 aromatic rings. The molecule has 5 heteroatoms. The minimum absolute atomic E-state index is 0.111. The first-order valence-corrected chi connectivity index (χ1v) is 5.82. The Morgan fingerprint density at radius 1 is 1.39 bits per heavy atom. The molecule has 0 spiro atoms. The third-order valence-electron chi connectivity index (χ3n) is 2.59. The predicted octanol–water partition coefficient (Wildman–Crippen LogP) is 2.27. The predicted molar refractivity (Wildman–Crippen MR) is 66.0 cm³/mol. The van der Waals surface area contributed by atoms with Gasteiger partial charge < -0.3 is 9.32 Å². The Balaban J connectivity index is 2.21. The number of hydrogen-bond donors (Lipinski definition) is 0. The Labute approximate surface area is 105 Å². The van der Waals surface area contributed by atoms with Crippen molar-refractivity contribution in [2.24, 2.45) is 0 Å². The Morgan fingerprint density at radius 2 is 2.17 bits per heavy atom. The van der Waals surface area contributed by atoms with Gasteiger partial charge in [0.05, 0.1) is 0 Å². The smallest absolute Gasteiger partial charge is 0.227 e. The van der Waals surface area contributed by atoms with Crippen molar-refractivity contribution in [3.05, 3.63) is 29.3 Å². The molecule has 0 fully saturated rings. The summed E-state index contributed by atoms with van der Waals surface area (Å²) in [5, 5.41) is 3.89. The highest BCUT2D eigenvalue weighted by molar-refractivity contribution is 5.75. The first-order chi connectivity index (χ1) is 8.56. The monoisotopic (exact) mass is 245 g/mol. The molecule has 0 N–H and O–H groups in total. The first-order valence-electron chi connectivity index (χ1n) is 5.82. The summed E-state index contributed by atoms with van der Waals surface area (Å²) < 4.78 is 5.10. The number of carbonyl (C=O) groups excluding carboxylic acids is 1. The number of aryl methyl sites for hydroxylation is 3. The lowest BCUT2D eigenvalue weighted by atomic mass is 10.1. The molecule has 2 heterocycles. The summed E-state index contributed by atoms with van der Waals surface area (Å²) in [4.78, 5) is 19.4. The number of hydrogen-bond acceptors (Lipinski definition) is 5. The maximum Gasteiger partial charge on any atom is 0.227 e. The largest absolute Gasteiger partial charge is 0.339 e. The summed E-state index contributed by atoms with van der Waals surface area (Å²) in [7, 11) is 0. The van der Waals surface area contributed by atoms with Gasteiger partial charge in [0, 0.05) is 19.0 Å². The number of pyridine rings is 1. The fourth-order valence-corrected chi connectivity index (χ4v) is 1.68. The summed E-state index contributed by atoms with van der Waals surface area (Å²) in [6, 6.07) is 2.02. The summed E-state index contributed by atoms with van der Waals surface area (Å²) in [5.41, 5.74) is 2.82. The number of ketones is 1. The summed E-state index contributed by atoms with van der Waals surface area (Å²) in [6.45, 7) is 5.49. The first kappa shape index (κ1) is 12.4. The van der Waals surface area contributed by atoms with Gasteiger partial charge in [0.25, 0.3) is 0 Å². The Hall–Kier alpha value is -2.04. The molecule has 0 unspecified atom stereocenters. The number of Topliss-reactive ketones (excluding diaryl/α,β-unsaturated/α-hetero) is 1. The van der Waals surface area contributed by atoms with E-state index < -0.39 is 0 Å². The van der Waals surface area contributed by atoms with E-state index in [0.717, 1.165) is 16.8 Å². The van der Waals surface area contributed by atoms with Crippen LogP contribution in [0.1, 0.15) is 30.4 Å². The van der Waals surface area contributed by atoms with Crippen LogP contribution in [0.5, 0.6) is 0 Å². The quantitative estimate of drug-likeness (QED) is 0.826. The van der Waals surface area contributed by atoms with Crippen molar-refractivity contribution in [2.45, 2.75) is 33.6 Å². The molecule has 0 saturated heterocycles. The highest BCUT2D eigenvalue weighted by Gasteiger charge is 2.12. The number of nitrogens with zero attached hydrogens (tertiary/aromatic N) is 3. The number of rotatable bonds is 4. The molecule has 5 nitrogen and oxygen atoms in total. The van der Waals surface area contributed by atoms with Crippen molar-refractivity contribution in [2.75, 3.05) is 0 Å². The Kier molecular flexibility index (Phi) is 3.50. The molecule has 2 aromatic heterocycles.